The van der Waals surface area contributed by atoms with E-state index in [1.165, 1.54) is 0 Å². The number of halogens is 1. The Morgan fingerprint density at radius 2 is 1.73 bits per heavy atom. The van der Waals surface area contributed by atoms with Crippen molar-refractivity contribution in [1.29, 1.82) is 0 Å². The van der Waals surface area contributed by atoms with E-state index in [2.05, 4.69) is 15.9 Å². The Bertz CT molecular complexity index is 297. The summed E-state index contributed by atoms with van der Waals surface area (Å²) in [6.07, 6.45) is -0.397. The lowest BCUT2D eigenvalue weighted by Crippen LogP contribution is -2.23. The van der Waals surface area contributed by atoms with E-state index in [9.17, 15) is 10.2 Å². The predicted molar refractivity (Wildman–Crippen MR) is 64.6 cm³/mol. The molecule has 0 radical (unpaired) electrons. The van der Waals surface area contributed by atoms with Crippen molar-refractivity contribution in [3.63, 3.8) is 0 Å². The fraction of sp³-hybridized carbons (Fsp3) is 0.500. The van der Waals surface area contributed by atoms with Gasteiger partial charge in [-0.3, -0.25) is 0 Å². The molecule has 84 valence electrons. The SMILES string of the molecule is CC[C@@H](O)[C@H](C)[C@H](O)c1ccc(Br)cc1. The van der Waals surface area contributed by atoms with Crippen LogP contribution < -0.4 is 0 Å². The van der Waals surface area contributed by atoms with Gasteiger partial charge >= 0.3 is 0 Å². The molecular formula is C12H17BrO2. The molecule has 0 saturated carbocycles. The summed E-state index contributed by atoms with van der Waals surface area (Å²) in [6.45, 7) is 3.77. The third-order valence-electron chi connectivity index (χ3n) is 2.73. The lowest BCUT2D eigenvalue weighted by atomic mass is 9.91. The average molecular weight is 273 g/mol. The van der Waals surface area contributed by atoms with Gasteiger partial charge in [-0.25, -0.2) is 0 Å². The van der Waals surface area contributed by atoms with E-state index in [0.29, 0.717) is 6.42 Å². The quantitative estimate of drug-likeness (QED) is 0.885. The Hall–Kier alpha value is -0.380. The normalized spacial score (nSPS) is 17.1. The number of aliphatic hydroxyl groups excluding tert-OH is 2. The minimum absolute atomic E-state index is 0.142. The van der Waals surface area contributed by atoms with Crippen LogP contribution in [0.4, 0.5) is 0 Å². The maximum absolute atomic E-state index is 10.0. The van der Waals surface area contributed by atoms with Crippen LogP contribution in [0.2, 0.25) is 0 Å². The maximum Gasteiger partial charge on any atom is 0.0840 e. The lowest BCUT2D eigenvalue weighted by Gasteiger charge is -2.23. The summed E-state index contributed by atoms with van der Waals surface area (Å²) in [7, 11) is 0. The third kappa shape index (κ3) is 3.30. The first kappa shape index (κ1) is 12.7. The van der Waals surface area contributed by atoms with E-state index in [4.69, 9.17) is 0 Å². The van der Waals surface area contributed by atoms with Crippen LogP contribution in [0, 0.1) is 5.92 Å². The van der Waals surface area contributed by atoms with Crippen LogP contribution in [0.3, 0.4) is 0 Å². The van der Waals surface area contributed by atoms with Crippen molar-refractivity contribution in [3.8, 4) is 0 Å². The van der Waals surface area contributed by atoms with Crippen LogP contribution in [-0.2, 0) is 0 Å². The molecule has 3 heteroatoms. The summed E-state index contributed by atoms with van der Waals surface area (Å²) in [5, 5.41) is 19.6. The van der Waals surface area contributed by atoms with Gasteiger partial charge in [-0.2, -0.15) is 0 Å². The molecule has 0 saturated heterocycles. The second-order valence-electron chi connectivity index (χ2n) is 3.83. The highest BCUT2D eigenvalue weighted by molar-refractivity contribution is 9.10. The summed E-state index contributed by atoms with van der Waals surface area (Å²) in [5.74, 6) is -0.142. The summed E-state index contributed by atoms with van der Waals surface area (Å²) < 4.78 is 0.988. The largest absolute Gasteiger partial charge is 0.393 e. The highest BCUT2D eigenvalue weighted by Gasteiger charge is 2.22. The van der Waals surface area contributed by atoms with E-state index in [-0.39, 0.29) is 5.92 Å². The van der Waals surface area contributed by atoms with E-state index >= 15 is 0 Å². The molecule has 3 atom stereocenters. The smallest absolute Gasteiger partial charge is 0.0840 e. The minimum atomic E-state index is -0.604. The van der Waals surface area contributed by atoms with E-state index in [1.54, 1.807) is 0 Å². The third-order valence-corrected chi connectivity index (χ3v) is 3.26. The maximum atomic E-state index is 10.0. The van der Waals surface area contributed by atoms with Crippen LogP contribution in [0.25, 0.3) is 0 Å². The Kier molecular flexibility index (Phi) is 4.77. The topological polar surface area (TPSA) is 40.5 Å². The van der Waals surface area contributed by atoms with Crippen LogP contribution in [0.5, 0.6) is 0 Å². The van der Waals surface area contributed by atoms with Crippen LogP contribution in [0.1, 0.15) is 31.9 Å². The summed E-state index contributed by atoms with van der Waals surface area (Å²) >= 11 is 3.34. The molecule has 0 bridgehead atoms. The van der Waals surface area contributed by atoms with Gasteiger partial charge in [0.1, 0.15) is 0 Å². The molecule has 0 aliphatic carbocycles. The number of hydrogen-bond donors (Lipinski definition) is 2. The Labute approximate surface area is 99.1 Å². The monoisotopic (exact) mass is 272 g/mol. The first-order chi connectivity index (χ1) is 7.06. The van der Waals surface area contributed by atoms with Gasteiger partial charge in [0.15, 0.2) is 0 Å². The van der Waals surface area contributed by atoms with Gasteiger partial charge < -0.3 is 10.2 Å². The molecule has 0 aromatic heterocycles. The molecule has 1 aromatic carbocycles. The van der Waals surface area contributed by atoms with Crippen molar-refractivity contribution in [3.05, 3.63) is 34.3 Å². The fourth-order valence-corrected chi connectivity index (χ4v) is 1.81. The fourth-order valence-electron chi connectivity index (χ4n) is 1.55. The first-order valence-electron chi connectivity index (χ1n) is 5.17. The summed E-state index contributed by atoms with van der Waals surface area (Å²) in [6, 6.07) is 7.52. The van der Waals surface area contributed by atoms with Crippen molar-refractivity contribution in [2.45, 2.75) is 32.5 Å². The number of hydrogen-bond acceptors (Lipinski definition) is 2. The molecule has 0 amide bonds. The molecule has 0 spiro atoms. The van der Waals surface area contributed by atoms with Gasteiger partial charge in [0.25, 0.3) is 0 Å². The van der Waals surface area contributed by atoms with Crippen molar-refractivity contribution in [2.24, 2.45) is 5.92 Å². The Balaban J connectivity index is 2.75. The second-order valence-corrected chi connectivity index (χ2v) is 4.75. The van der Waals surface area contributed by atoms with E-state index in [0.717, 1.165) is 10.0 Å². The number of rotatable bonds is 4. The Morgan fingerprint density at radius 1 is 1.20 bits per heavy atom. The van der Waals surface area contributed by atoms with Gasteiger partial charge in [-0.05, 0) is 24.1 Å². The average Bonchev–Trinajstić information content (AvgIpc) is 2.27. The molecule has 0 aliphatic rings. The van der Waals surface area contributed by atoms with Crippen molar-refractivity contribution in [2.75, 3.05) is 0 Å². The molecule has 15 heavy (non-hydrogen) atoms. The molecule has 1 rings (SSSR count). The lowest BCUT2D eigenvalue weighted by molar-refractivity contribution is 0.0192. The van der Waals surface area contributed by atoms with Crippen molar-refractivity contribution < 1.29 is 10.2 Å². The number of aliphatic hydroxyl groups is 2. The zero-order chi connectivity index (χ0) is 11.4. The molecule has 0 aliphatic heterocycles. The van der Waals surface area contributed by atoms with E-state index in [1.807, 2.05) is 38.1 Å². The first-order valence-corrected chi connectivity index (χ1v) is 5.97. The van der Waals surface area contributed by atoms with Gasteiger partial charge in [0.2, 0.25) is 0 Å². The van der Waals surface area contributed by atoms with Crippen LogP contribution in [-0.4, -0.2) is 16.3 Å². The van der Waals surface area contributed by atoms with Gasteiger partial charge in [0, 0.05) is 10.4 Å². The van der Waals surface area contributed by atoms with Gasteiger partial charge in [0.05, 0.1) is 12.2 Å². The molecule has 2 N–H and O–H groups in total. The molecule has 2 nitrogen and oxygen atoms in total. The van der Waals surface area contributed by atoms with Crippen molar-refractivity contribution >= 4 is 15.9 Å². The Morgan fingerprint density at radius 3 is 2.20 bits per heavy atom. The summed E-state index contributed by atoms with van der Waals surface area (Å²) in [4.78, 5) is 0. The van der Waals surface area contributed by atoms with Gasteiger partial charge in [-0.1, -0.05) is 41.9 Å². The second kappa shape index (κ2) is 5.64. The molecule has 1 aromatic rings. The van der Waals surface area contributed by atoms with Crippen LogP contribution in [0.15, 0.2) is 28.7 Å². The van der Waals surface area contributed by atoms with Gasteiger partial charge in [-0.15, -0.1) is 0 Å². The van der Waals surface area contributed by atoms with E-state index < -0.39 is 12.2 Å². The zero-order valence-corrected chi connectivity index (χ0v) is 10.6. The molecule has 0 heterocycles. The predicted octanol–water partition coefficient (Wildman–Crippen LogP) is 2.89. The minimum Gasteiger partial charge on any atom is -0.393 e. The molecular weight excluding hydrogens is 256 g/mol. The van der Waals surface area contributed by atoms with Crippen molar-refractivity contribution in [1.82, 2.24) is 0 Å². The van der Waals surface area contributed by atoms with Crippen LogP contribution >= 0.6 is 15.9 Å². The highest BCUT2D eigenvalue weighted by atomic mass is 79.9. The summed E-state index contributed by atoms with van der Waals surface area (Å²) in [5.41, 5.74) is 0.846. The zero-order valence-electron chi connectivity index (χ0n) is 9.02. The highest BCUT2D eigenvalue weighted by Crippen LogP contribution is 2.26. The molecule has 0 fully saturated rings. The molecule has 0 unspecified atom stereocenters. The number of benzene rings is 1. The standard InChI is InChI=1S/C12H17BrO2/c1-3-11(14)8(2)12(15)9-4-6-10(13)7-5-9/h4-8,11-12,14-15H,3H2,1-2H3/t8-,11+,12-/m0/s1.